The van der Waals surface area contributed by atoms with Gasteiger partial charge in [0.05, 0.1) is 0 Å². The summed E-state index contributed by atoms with van der Waals surface area (Å²) >= 11 is 5.91. The topological polar surface area (TPSA) is 29.3 Å². The molecule has 3 heteroatoms. The zero-order valence-corrected chi connectivity index (χ0v) is 12.7. The Balaban J connectivity index is 1.89. The lowest BCUT2D eigenvalue weighted by atomic mass is 10.0. The molecule has 2 rings (SSSR count). The normalized spacial score (nSPS) is 25.7. The van der Waals surface area contributed by atoms with Gasteiger partial charge in [-0.3, -0.25) is 4.90 Å². The standard InChI is InChI=1S/C16H25ClN2/c1-3-15-9-4-12(2)19(15)11-10-16(18)13-5-7-14(17)8-6-13/h5-8,12,15-16H,3-4,9-11,18H2,1-2H3. The molecule has 1 aliphatic heterocycles. The van der Waals surface area contributed by atoms with E-state index in [-0.39, 0.29) is 6.04 Å². The zero-order valence-electron chi connectivity index (χ0n) is 12.0. The number of hydrogen-bond acceptors (Lipinski definition) is 2. The fourth-order valence-corrected chi connectivity index (χ4v) is 3.26. The second-order valence-corrected chi connectivity index (χ2v) is 6.11. The summed E-state index contributed by atoms with van der Waals surface area (Å²) in [4.78, 5) is 2.63. The fourth-order valence-electron chi connectivity index (χ4n) is 3.13. The van der Waals surface area contributed by atoms with E-state index in [1.165, 1.54) is 24.8 Å². The molecule has 3 atom stereocenters. The minimum absolute atomic E-state index is 0.113. The van der Waals surface area contributed by atoms with Gasteiger partial charge in [0, 0.05) is 29.7 Å². The third kappa shape index (κ3) is 3.71. The summed E-state index contributed by atoms with van der Waals surface area (Å²) in [6.07, 6.45) is 4.94. The summed E-state index contributed by atoms with van der Waals surface area (Å²) in [5, 5.41) is 0.773. The van der Waals surface area contributed by atoms with Crippen LogP contribution in [0.5, 0.6) is 0 Å². The third-order valence-electron chi connectivity index (χ3n) is 4.42. The maximum absolute atomic E-state index is 6.29. The zero-order chi connectivity index (χ0) is 13.8. The van der Waals surface area contributed by atoms with Gasteiger partial charge in [0.25, 0.3) is 0 Å². The first kappa shape index (κ1) is 14.8. The van der Waals surface area contributed by atoms with E-state index in [0.717, 1.165) is 24.0 Å². The van der Waals surface area contributed by atoms with Gasteiger partial charge in [-0.2, -0.15) is 0 Å². The van der Waals surface area contributed by atoms with Crippen LogP contribution in [-0.2, 0) is 0 Å². The van der Waals surface area contributed by atoms with Crippen molar-refractivity contribution < 1.29 is 0 Å². The Hall–Kier alpha value is -0.570. The Morgan fingerprint density at radius 1 is 1.32 bits per heavy atom. The second kappa shape index (κ2) is 6.74. The average molecular weight is 281 g/mol. The molecule has 2 N–H and O–H groups in total. The van der Waals surface area contributed by atoms with Crippen LogP contribution in [0, 0.1) is 0 Å². The Bertz CT molecular complexity index is 390. The molecular formula is C16H25ClN2. The number of likely N-dealkylation sites (tertiary alicyclic amines) is 1. The minimum atomic E-state index is 0.113. The summed E-state index contributed by atoms with van der Waals surface area (Å²) in [5.74, 6) is 0. The Morgan fingerprint density at radius 2 is 2.00 bits per heavy atom. The molecule has 0 spiro atoms. The van der Waals surface area contributed by atoms with E-state index in [4.69, 9.17) is 17.3 Å². The van der Waals surface area contributed by atoms with Crippen LogP contribution in [0.1, 0.15) is 51.1 Å². The summed E-state index contributed by atoms with van der Waals surface area (Å²) in [7, 11) is 0. The number of hydrogen-bond donors (Lipinski definition) is 1. The number of nitrogens with two attached hydrogens (primary N) is 1. The lowest BCUT2D eigenvalue weighted by Gasteiger charge is -2.28. The first-order valence-corrected chi connectivity index (χ1v) is 7.76. The van der Waals surface area contributed by atoms with Crippen molar-refractivity contribution in [2.75, 3.05) is 6.54 Å². The highest BCUT2D eigenvalue weighted by atomic mass is 35.5. The summed E-state index contributed by atoms with van der Waals surface area (Å²) in [5.41, 5.74) is 7.47. The number of nitrogens with zero attached hydrogens (tertiary/aromatic N) is 1. The van der Waals surface area contributed by atoms with Gasteiger partial charge in [-0.15, -0.1) is 0 Å². The van der Waals surface area contributed by atoms with Crippen molar-refractivity contribution >= 4 is 11.6 Å². The molecule has 1 heterocycles. The van der Waals surface area contributed by atoms with Crippen molar-refractivity contribution in [3.63, 3.8) is 0 Å². The van der Waals surface area contributed by atoms with Crippen molar-refractivity contribution in [2.45, 2.75) is 57.7 Å². The Kier molecular flexibility index (Phi) is 5.26. The molecule has 1 aromatic rings. The summed E-state index contributed by atoms with van der Waals surface area (Å²) in [6, 6.07) is 9.50. The van der Waals surface area contributed by atoms with Crippen molar-refractivity contribution in [3.05, 3.63) is 34.9 Å². The fraction of sp³-hybridized carbons (Fsp3) is 0.625. The minimum Gasteiger partial charge on any atom is -0.324 e. The van der Waals surface area contributed by atoms with E-state index < -0.39 is 0 Å². The molecule has 1 saturated heterocycles. The SMILES string of the molecule is CCC1CCC(C)N1CCC(N)c1ccc(Cl)cc1. The van der Waals surface area contributed by atoms with Gasteiger partial charge < -0.3 is 5.73 Å². The number of halogens is 1. The van der Waals surface area contributed by atoms with Crippen LogP contribution in [0.15, 0.2) is 24.3 Å². The molecule has 19 heavy (non-hydrogen) atoms. The maximum Gasteiger partial charge on any atom is 0.0406 e. The van der Waals surface area contributed by atoms with Crippen molar-refractivity contribution in [1.82, 2.24) is 4.90 Å². The quantitative estimate of drug-likeness (QED) is 0.883. The van der Waals surface area contributed by atoms with Gasteiger partial charge >= 0.3 is 0 Å². The predicted molar refractivity (Wildman–Crippen MR) is 82.5 cm³/mol. The van der Waals surface area contributed by atoms with E-state index in [9.17, 15) is 0 Å². The van der Waals surface area contributed by atoms with Crippen LogP contribution in [0.3, 0.4) is 0 Å². The summed E-state index contributed by atoms with van der Waals surface area (Å²) < 4.78 is 0. The average Bonchev–Trinajstić information content (AvgIpc) is 2.77. The molecule has 3 unspecified atom stereocenters. The predicted octanol–water partition coefficient (Wildman–Crippen LogP) is 3.99. The highest BCUT2D eigenvalue weighted by Gasteiger charge is 2.28. The van der Waals surface area contributed by atoms with Crippen LogP contribution >= 0.6 is 11.6 Å². The van der Waals surface area contributed by atoms with Crippen molar-refractivity contribution in [1.29, 1.82) is 0 Å². The van der Waals surface area contributed by atoms with Crippen LogP contribution in [0.4, 0.5) is 0 Å². The van der Waals surface area contributed by atoms with Gasteiger partial charge in [0.15, 0.2) is 0 Å². The Labute approximate surface area is 121 Å². The third-order valence-corrected chi connectivity index (χ3v) is 4.67. The lowest BCUT2D eigenvalue weighted by Crippen LogP contribution is -2.36. The highest BCUT2D eigenvalue weighted by molar-refractivity contribution is 6.30. The van der Waals surface area contributed by atoms with Gasteiger partial charge in [0.1, 0.15) is 0 Å². The monoisotopic (exact) mass is 280 g/mol. The van der Waals surface area contributed by atoms with E-state index in [0.29, 0.717) is 6.04 Å². The Morgan fingerprint density at radius 3 is 2.63 bits per heavy atom. The first-order chi connectivity index (χ1) is 9.11. The number of benzene rings is 1. The molecule has 0 bridgehead atoms. The highest BCUT2D eigenvalue weighted by Crippen LogP contribution is 2.27. The first-order valence-electron chi connectivity index (χ1n) is 7.38. The molecule has 106 valence electrons. The van der Waals surface area contributed by atoms with Crippen LogP contribution in [-0.4, -0.2) is 23.5 Å². The molecule has 1 aromatic carbocycles. The van der Waals surface area contributed by atoms with Gasteiger partial charge in [-0.1, -0.05) is 30.7 Å². The van der Waals surface area contributed by atoms with Crippen LogP contribution < -0.4 is 5.73 Å². The van der Waals surface area contributed by atoms with Crippen molar-refractivity contribution in [2.24, 2.45) is 5.73 Å². The van der Waals surface area contributed by atoms with Crippen molar-refractivity contribution in [3.8, 4) is 0 Å². The second-order valence-electron chi connectivity index (χ2n) is 5.67. The van der Waals surface area contributed by atoms with Gasteiger partial charge in [-0.25, -0.2) is 0 Å². The molecule has 2 nitrogen and oxygen atoms in total. The van der Waals surface area contributed by atoms with Crippen LogP contribution in [0.25, 0.3) is 0 Å². The van der Waals surface area contributed by atoms with E-state index in [2.05, 4.69) is 18.7 Å². The molecule has 1 fully saturated rings. The molecule has 0 saturated carbocycles. The molecule has 0 aromatic heterocycles. The van der Waals surface area contributed by atoms with E-state index in [1.54, 1.807) is 0 Å². The summed E-state index contributed by atoms with van der Waals surface area (Å²) in [6.45, 7) is 5.72. The molecule has 0 radical (unpaired) electrons. The largest absolute Gasteiger partial charge is 0.324 e. The molecular weight excluding hydrogens is 256 g/mol. The molecule has 1 aliphatic rings. The lowest BCUT2D eigenvalue weighted by molar-refractivity contribution is 0.191. The van der Waals surface area contributed by atoms with E-state index >= 15 is 0 Å². The number of rotatable bonds is 5. The molecule has 0 aliphatic carbocycles. The van der Waals surface area contributed by atoms with E-state index in [1.807, 2.05) is 24.3 Å². The van der Waals surface area contributed by atoms with Gasteiger partial charge in [-0.05, 0) is 50.3 Å². The smallest absolute Gasteiger partial charge is 0.0406 e. The maximum atomic E-state index is 6.29. The van der Waals surface area contributed by atoms with Gasteiger partial charge in [0.2, 0.25) is 0 Å². The molecule has 0 amide bonds. The van der Waals surface area contributed by atoms with Crippen LogP contribution in [0.2, 0.25) is 5.02 Å².